The molecule has 0 saturated heterocycles. The molecule has 0 saturated carbocycles. The lowest BCUT2D eigenvalue weighted by Crippen LogP contribution is -2.27. The molecule has 0 fully saturated rings. The number of hydrogen-bond acceptors (Lipinski definition) is 5. The van der Waals surface area contributed by atoms with E-state index in [1.165, 1.54) is 0 Å². The first-order valence-electron chi connectivity index (χ1n) is 4.80. The highest BCUT2D eigenvalue weighted by atomic mass is 32.2. The monoisotopic (exact) mass is 216 g/mol. The fourth-order valence-electron chi connectivity index (χ4n) is 1.21. The zero-order chi connectivity index (χ0) is 10.4. The number of hydrogen-bond donors (Lipinski definition) is 1. The van der Waals surface area contributed by atoms with Crippen LogP contribution in [0, 0.1) is 0 Å². The number of carbonyl (C=O) groups excluding carboxylic acids is 1. The molecule has 4 nitrogen and oxygen atoms in total. The predicted octanol–water partition coefficient (Wildman–Crippen LogP) is 0.802. The van der Waals surface area contributed by atoms with Crippen LogP contribution >= 0.6 is 11.8 Å². The van der Waals surface area contributed by atoms with Crippen molar-refractivity contribution in [1.82, 2.24) is 0 Å². The van der Waals surface area contributed by atoms with E-state index in [9.17, 15) is 4.79 Å². The Bertz CT molecular complexity index is 231. The maximum Gasteiger partial charge on any atom is 0.330 e. The van der Waals surface area contributed by atoms with Gasteiger partial charge >= 0.3 is 5.97 Å². The van der Waals surface area contributed by atoms with Crippen molar-refractivity contribution in [3.8, 4) is 0 Å². The molecule has 0 unspecified atom stereocenters. The van der Waals surface area contributed by atoms with Gasteiger partial charge in [-0.15, -0.1) is 0 Å². The second-order valence-corrected chi connectivity index (χ2v) is 4.26. The number of rotatable bonds is 2. The van der Waals surface area contributed by atoms with E-state index in [0.717, 1.165) is 24.3 Å². The van der Waals surface area contributed by atoms with Gasteiger partial charge in [-0.05, 0) is 19.1 Å². The van der Waals surface area contributed by atoms with E-state index in [1.54, 1.807) is 18.7 Å². The maximum absolute atomic E-state index is 11.4. The summed E-state index contributed by atoms with van der Waals surface area (Å²) in [6.07, 6.45) is 1.49. The molecule has 0 radical (unpaired) electrons. The molecule has 0 bridgehead atoms. The van der Waals surface area contributed by atoms with Crippen molar-refractivity contribution in [1.29, 1.82) is 0 Å². The van der Waals surface area contributed by atoms with Crippen LogP contribution in [0.25, 0.3) is 0 Å². The third-order valence-corrected chi connectivity index (χ3v) is 2.94. The smallest absolute Gasteiger partial charge is 0.330 e. The summed E-state index contributed by atoms with van der Waals surface area (Å²) in [5.41, 5.74) is 5.66. The van der Waals surface area contributed by atoms with Crippen LogP contribution in [0.1, 0.15) is 19.8 Å². The molecule has 0 aliphatic carbocycles. The SMILES string of the molecule is CCOC(=O)[C@@H]1CCSCCC(N)=N1. The van der Waals surface area contributed by atoms with E-state index in [4.69, 9.17) is 10.5 Å². The van der Waals surface area contributed by atoms with Gasteiger partial charge in [0.15, 0.2) is 0 Å². The zero-order valence-electron chi connectivity index (χ0n) is 8.36. The number of nitrogens with zero attached hydrogens (tertiary/aromatic N) is 1. The Balaban J connectivity index is 2.59. The molecule has 80 valence electrons. The Hall–Kier alpha value is -0.710. The lowest BCUT2D eigenvalue weighted by molar-refractivity contribution is -0.144. The fraction of sp³-hybridized carbons (Fsp3) is 0.778. The van der Waals surface area contributed by atoms with Crippen LogP contribution < -0.4 is 5.73 Å². The van der Waals surface area contributed by atoms with Crippen LogP contribution in [-0.4, -0.2) is 36.0 Å². The number of aliphatic imine (C=N–C) groups is 1. The molecule has 1 atom stereocenters. The largest absolute Gasteiger partial charge is 0.464 e. The minimum Gasteiger partial charge on any atom is -0.464 e. The Morgan fingerprint density at radius 2 is 2.50 bits per heavy atom. The standard InChI is InChI=1S/C9H16N2O2S/c1-2-13-9(12)7-3-5-14-6-4-8(10)11-7/h7H,2-6H2,1H3,(H2,10,11)/t7-/m0/s1. The normalized spacial score (nSPS) is 23.2. The first kappa shape index (κ1) is 11.4. The molecule has 5 heteroatoms. The third kappa shape index (κ3) is 3.57. The van der Waals surface area contributed by atoms with E-state index in [0.29, 0.717) is 12.4 Å². The summed E-state index contributed by atoms with van der Waals surface area (Å²) in [6, 6.07) is -0.386. The van der Waals surface area contributed by atoms with Gasteiger partial charge in [0.2, 0.25) is 0 Å². The Morgan fingerprint density at radius 1 is 1.71 bits per heavy atom. The second-order valence-electron chi connectivity index (χ2n) is 3.04. The number of carbonyl (C=O) groups is 1. The predicted molar refractivity (Wildman–Crippen MR) is 58.6 cm³/mol. The van der Waals surface area contributed by atoms with Gasteiger partial charge in [-0.25, -0.2) is 4.79 Å². The number of ether oxygens (including phenoxy) is 1. The van der Waals surface area contributed by atoms with E-state index < -0.39 is 0 Å². The van der Waals surface area contributed by atoms with Crippen molar-refractivity contribution >= 4 is 23.6 Å². The minimum atomic E-state index is -0.386. The lowest BCUT2D eigenvalue weighted by atomic mass is 10.2. The van der Waals surface area contributed by atoms with Crippen molar-refractivity contribution in [3.05, 3.63) is 0 Å². The van der Waals surface area contributed by atoms with Crippen molar-refractivity contribution in [2.24, 2.45) is 10.7 Å². The molecule has 1 aliphatic rings. The third-order valence-electron chi connectivity index (χ3n) is 1.92. The van der Waals surface area contributed by atoms with E-state index >= 15 is 0 Å². The van der Waals surface area contributed by atoms with Crippen molar-refractivity contribution < 1.29 is 9.53 Å². The molecule has 2 N–H and O–H groups in total. The van der Waals surface area contributed by atoms with Gasteiger partial charge in [0.05, 0.1) is 12.4 Å². The fourth-order valence-corrected chi connectivity index (χ4v) is 2.16. The number of amidine groups is 1. The molecule has 1 rings (SSSR count). The zero-order valence-corrected chi connectivity index (χ0v) is 9.18. The molecule has 0 amide bonds. The number of thioether (sulfide) groups is 1. The van der Waals surface area contributed by atoms with Gasteiger partial charge in [0.1, 0.15) is 6.04 Å². The van der Waals surface area contributed by atoms with Crippen LogP contribution in [0.15, 0.2) is 4.99 Å². The highest BCUT2D eigenvalue weighted by Crippen LogP contribution is 2.13. The van der Waals surface area contributed by atoms with Crippen LogP contribution in [-0.2, 0) is 9.53 Å². The molecular formula is C9H16N2O2S. The quantitative estimate of drug-likeness (QED) is 0.693. The van der Waals surface area contributed by atoms with Gasteiger partial charge in [-0.1, -0.05) is 0 Å². The average Bonchev–Trinajstić information content (AvgIpc) is 2.11. The Morgan fingerprint density at radius 3 is 3.21 bits per heavy atom. The molecule has 0 aromatic heterocycles. The van der Waals surface area contributed by atoms with E-state index in [1.807, 2.05) is 0 Å². The van der Waals surface area contributed by atoms with Crippen LogP contribution in [0.4, 0.5) is 0 Å². The lowest BCUT2D eigenvalue weighted by Gasteiger charge is -2.14. The molecule has 0 aromatic carbocycles. The highest BCUT2D eigenvalue weighted by Gasteiger charge is 2.20. The van der Waals surface area contributed by atoms with Crippen molar-refractivity contribution in [2.75, 3.05) is 18.1 Å². The Kier molecular flexibility index (Phi) is 4.79. The summed E-state index contributed by atoms with van der Waals surface area (Å²) in [5, 5.41) is 0. The van der Waals surface area contributed by atoms with Gasteiger partial charge in [0.25, 0.3) is 0 Å². The summed E-state index contributed by atoms with van der Waals surface area (Å²) in [4.78, 5) is 15.6. The molecule has 0 aromatic rings. The summed E-state index contributed by atoms with van der Waals surface area (Å²) < 4.78 is 4.92. The summed E-state index contributed by atoms with van der Waals surface area (Å²) in [5.74, 6) is 2.25. The molecular weight excluding hydrogens is 200 g/mol. The van der Waals surface area contributed by atoms with E-state index in [-0.39, 0.29) is 12.0 Å². The summed E-state index contributed by atoms with van der Waals surface area (Å²) >= 11 is 1.80. The second kappa shape index (κ2) is 5.90. The first-order valence-corrected chi connectivity index (χ1v) is 5.96. The van der Waals surface area contributed by atoms with Crippen LogP contribution in [0.5, 0.6) is 0 Å². The topological polar surface area (TPSA) is 64.7 Å². The van der Waals surface area contributed by atoms with Gasteiger partial charge in [-0.3, -0.25) is 4.99 Å². The minimum absolute atomic E-state index is 0.252. The first-order chi connectivity index (χ1) is 6.74. The molecule has 1 aliphatic heterocycles. The van der Waals surface area contributed by atoms with Gasteiger partial charge in [-0.2, -0.15) is 11.8 Å². The highest BCUT2D eigenvalue weighted by molar-refractivity contribution is 7.99. The van der Waals surface area contributed by atoms with Crippen molar-refractivity contribution in [2.45, 2.75) is 25.8 Å². The average molecular weight is 216 g/mol. The molecule has 0 spiro atoms. The van der Waals surface area contributed by atoms with Crippen molar-refractivity contribution in [3.63, 3.8) is 0 Å². The summed E-state index contributed by atoms with van der Waals surface area (Å²) in [6.45, 7) is 2.19. The molecule has 1 heterocycles. The van der Waals surface area contributed by atoms with Gasteiger partial charge in [0, 0.05) is 12.2 Å². The maximum atomic E-state index is 11.4. The van der Waals surface area contributed by atoms with Crippen LogP contribution in [0.3, 0.4) is 0 Å². The Labute approximate surface area is 88.3 Å². The number of nitrogens with two attached hydrogens (primary N) is 1. The van der Waals surface area contributed by atoms with E-state index in [2.05, 4.69) is 4.99 Å². The molecule has 14 heavy (non-hydrogen) atoms. The van der Waals surface area contributed by atoms with Gasteiger partial charge < -0.3 is 10.5 Å². The number of esters is 1. The summed E-state index contributed by atoms with van der Waals surface area (Å²) in [7, 11) is 0. The van der Waals surface area contributed by atoms with Crippen LogP contribution in [0.2, 0.25) is 0 Å².